The van der Waals surface area contributed by atoms with Gasteiger partial charge in [-0.25, -0.2) is 0 Å². The van der Waals surface area contributed by atoms with Crippen molar-refractivity contribution in [3.8, 4) is 11.5 Å². The first-order chi connectivity index (χ1) is 9.56. The van der Waals surface area contributed by atoms with Crippen LogP contribution in [0.5, 0.6) is 11.5 Å². The van der Waals surface area contributed by atoms with Crippen LogP contribution in [0.4, 0.5) is 0 Å². The van der Waals surface area contributed by atoms with Gasteiger partial charge in [0.1, 0.15) is 18.1 Å². The number of nitrogens with zero attached hydrogens (tertiary/aromatic N) is 1. The van der Waals surface area contributed by atoms with Gasteiger partial charge in [-0.1, -0.05) is 18.2 Å². The van der Waals surface area contributed by atoms with Crippen LogP contribution in [0.3, 0.4) is 0 Å². The highest BCUT2D eigenvalue weighted by Gasteiger charge is 2.16. The molecule has 2 rings (SSSR count). The number of thiocarbonyl (C=S) groups is 1. The first-order valence-electron chi connectivity index (χ1n) is 6.60. The molecule has 0 bridgehead atoms. The number of likely N-dealkylation sites (tertiary alicyclic amines) is 1. The van der Waals surface area contributed by atoms with Gasteiger partial charge in [0, 0.05) is 19.2 Å². The number of halogens is 1. The third-order valence-electron chi connectivity index (χ3n) is 2.95. The van der Waals surface area contributed by atoms with Gasteiger partial charge in [0.25, 0.3) is 5.17 Å². The van der Waals surface area contributed by atoms with E-state index in [0.29, 0.717) is 28.3 Å². The molecule has 0 radical (unpaired) electrons. The van der Waals surface area contributed by atoms with Crippen molar-refractivity contribution in [3.63, 3.8) is 0 Å². The van der Waals surface area contributed by atoms with Crippen LogP contribution in [0.2, 0.25) is 5.02 Å². The van der Waals surface area contributed by atoms with Gasteiger partial charge in [-0.3, -0.25) is 0 Å². The van der Waals surface area contributed by atoms with Crippen LogP contribution in [-0.2, 0) is 0 Å². The standard InChI is InChI=1S/C15H18ClNO2S/c1-11(2)10-18-14-9-12(5-6-13(14)16)19-15(20)17-7-3-4-8-17/h5-6,9H,1,3-4,7-8,10H2,2H3. The summed E-state index contributed by atoms with van der Waals surface area (Å²) in [5.74, 6) is 1.22. The smallest absolute Gasteiger partial charge is 0.264 e. The molecule has 0 unspecified atom stereocenters. The normalized spacial score (nSPS) is 14.2. The molecule has 0 spiro atoms. The summed E-state index contributed by atoms with van der Waals surface area (Å²) in [5, 5.41) is 1.06. The van der Waals surface area contributed by atoms with Crippen molar-refractivity contribution < 1.29 is 9.47 Å². The number of hydrogen-bond acceptors (Lipinski definition) is 3. The second-order valence-electron chi connectivity index (χ2n) is 4.90. The maximum absolute atomic E-state index is 6.09. The lowest BCUT2D eigenvalue weighted by Gasteiger charge is -2.18. The first-order valence-corrected chi connectivity index (χ1v) is 7.38. The summed E-state index contributed by atoms with van der Waals surface area (Å²) in [5.41, 5.74) is 0.931. The van der Waals surface area contributed by atoms with Crippen LogP contribution in [-0.4, -0.2) is 29.8 Å². The van der Waals surface area contributed by atoms with Gasteiger partial charge in [-0.15, -0.1) is 0 Å². The zero-order valence-electron chi connectivity index (χ0n) is 11.5. The van der Waals surface area contributed by atoms with Gasteiger partial charge in [-0.2, -0.15) is 0 Å². The molecular formula is C15H18ClNO2S. The van der Waals surface area contributed by atoms with E-state index >= 15 is 0 Å². The van der Waals surface area contributed by atoms with Crippen LogP contribution >= 0.6 is 23.8 Å². The second kappa shape index (κ2) is 6.95. The Labute approximate surface area is 130 Å². The van der Waals surface area contributed by atoms with Crippen molar-refractivity contribution in [2.24, 2.45) is 0 Å². The monoisotopic (exact) mass is 311 g/mol. The highest BCUT2D eigenvalue weighted by atomic mass is 35.5. The van der Waals surface area contributed by atoms with E-state index in [1.807, 2.05) is 6.92 Å². The lowest BCUT2D eigenvalue weighted by molar-refractivity contribution is 0.349. The average Bonchev–Trinajstić information content (AvgIpc) is 2.93. The highest BCUT2D eigenvalue weighted by molar-refractivity contribution is 7.80. The van der Waals surface area contributed by atoms with Crippen molar-refractivity contribution in [1.29, 1.82) is 0 Å². The molecule has 0 saturated carbocycles. The Balaban J connectivity index is 2.02. The van der Waals surface area contributed by atoms with Gasteiger partial charge in [0.2, 0.25) is 0 Å². The van der Waals surface area contributed by atoms with Gasteiger partial charge < -0.3 is 14.4 Å². The number of hydrogen-bond donors (Lipinski definition) is 0. The van der Waals surface area contributed by atoms with Gasteiger partial charge in [0.15, 0.2) is 0 Å². The van der Waals surface area contributed by atoms with Gasteiger partial charge in [-0.05, 0) is 49.7 Å². The summed E-state index contributed by atoms with van der Waals surface area (Å²) >= 11 is 11.4. The molecule has 20 heavy (non-hydrogen) atoms. The molecule has 0 N–H and O–H groups in total. The van der Waals surface area contributed by atoms with E-state index in [9.17, 15) is 0 Å². The summed E-state index contributed by atoms with van der Waals surface area (Å²) in [4.78, 5) is 2.07. The molecule has 108 valence electrons. The van der Waals surface area contributed by atoms with Crippen molar-refractivity contribution in [2.45, 2.75) is 19.8 Å². The molecule has 1 fully saturated rings. The second-order valence-corrected chi connectivity index (χ2v) is 5.66. The Morgan fingerprint density at radius 3 is 2.75 bits per heavy atom. The van der Waals surface area contributed by atoms with Crippen molar-refractivity contribution in [1.82, 2.24) is 4.90 Å². The Morgan fingerprint density at radius 2 is 2.10 bits per heavy atom. The largest absolute Gasteiger partial charge is 0.488 e. The predicted octanol–water partition coefficient (Wildman–Crippen LogP) is 4.05. The van der Waals surface area contributed by atoms with Gasteiger partial charge in [0.05, 0.1) is 5.02 Å². The highest BCUT2D eigenvalue weighted by Crippen LogP contribution is 2.29. The zero-order chi connectivity index (χ0) is 14.5. The molecule has 0 aliphatic carbocycles. The third-order valence-corrected chi connectivity index (χ3v) is 3.60. The molecule has 3 nitrogen and oxygen atoms in total. The Hall–Kier alpha value is -1.26. The summed E-state index contributed by atoms with van der Waals surface area (Å²) in [6, 6.07) is 5.29. The minimum atomic E-state index is 0.430. The summed E-state index contributed by atoms with van der Waals surface area (Å²) in [6.45, 7) is 8.05. The molecule has 1 heterocycles. The van der Waals surface area contributed by atoms with Crippen LogP contribution in [0, 0.1) is 0 Å². The summed E-state index contributed by atoms with van der Waals surface area (Å²) < 4.78 is 11.3. The van der Waals surface area contributed by atoms with E-state index in [0.717, 1.165) is 31.5 Å². The quantitative estimate of drug-likeness (QED) is 0.617. The molecule has 0 atom stereocenters. The number of rotatable bonds is 4. The number of benzene rings is 1. The molecule has 5 heteroatoms. The van der Waals surface area contributed by atoms with Gasteiger partial charge >= 0.3 is 0 Å². The third kappa shape index (κ3) is 4.12. The molecule has 1 saturated heterocycles. The molecular weight excluding hydrogens is 294 g/mol. The molecule has 0 amide bonds. The minimum Gasteiger partial charge on any atom is -0.488 e. The average molecular weight is 312 g/mol. The van der Waals surface area contributed by atoms with E-state index in [2.05, 4.69) is 11.5 Å². The van der Waals surface area contributed by atoms with Crippen molar-refractivity contribution in [2.75, 3.05) is 19.7 Å². The fourth-order valence-corrected chi connectivity index (χ4v) is 2.37. The molecule has 0 aromatic heterocycles. The van der Waals surface area contributed by atoms with Crippen LogP contribution in [0.15, 0.2) is 30.4 Å². The fraction of sp³-hybridized carbons (Fsp3) is 0.400. The van der Waals surface area contributed by atoms with Crippen molar-refractivity contribution in [3.05, 3.63) is 35.4 Å². The molecule has 1 aromatic rings. The Bertz CT molecular complexity index is 513. The minimum absolute atomic E-state index is 0.430. The Morgan fingerprint density at radius 1 is 1.40 bits per heavy atom. The predicted molar refractivity (Wildman–Crippen MR) is 85.8 cm³/mol. The van der Waals surface area contributed by atoms with E-state index < -0.39 is 0 Å². The lowest BCUT2D eigenvalue weighted by Crippen LogP contribution is -2.30. The van der Waals surface area contributed by atoms with Crippen LogP contribution in [0.25, 0.3) is 0 Å². The molecule has 1 aliphatic rings. The summed E-state index contributed by atoms with van der Waals surface area (Å²) in [7, 11) is 0. The maximum atomic E-state index is 6.09. The van der Waals surface area contributed by atoms with E-state index in [1.54, 1.807) is 18.2 Å². The topological polar surface area (TPSA) is 21.7 Å². The SMILES string of the molecule is C=C(C)COc1cc(OC(=S)N2CCCC2)ccc1Cl. The van der Waals surface area contributed by atoms with E-state index in [1.165, 1.54) is 0 Å². The van der Waals surface area contributed by atoms with E-state index in [-0.39, 0.29) is 0 Å². The zero-order valence-corrected chi connectivity index (χ0v) is 13.1. The molecule has 1 aliphatic heterocycles. The number of ether oxygens (including phenoxy) is 2. The Kier molecular flexibility index (Phi) is 5.26. The maximum Gasteiger partial charge on any atom is 0.264 e. The van der Waals surface area contributed by atoms with Crippen LogP contribution in [0.1, 0.15) is 19.8 Å². The lowest BCUT2D eigenvalue weighted by atomic mass is 10.3. The fourth-order valence-electron chi connectivity index (χ4n) is 1.92. The first kappa shape index (κ1) is 15.1. The van der Waals surface area contributed by atoms with Crippen LogP contribution < -0.4 is 9.47 Å². The molecule has 1 aromatic carbocycles. The van der Waals surface area contributed by atoms with Crippen molar-refractivity contribution >= 4 is 29.0 Å². The van der Waals surface area contributed by atoms with E-state index in [4.69, 9.17) is 33.3 Å². The summed E-state index contributed by atoms with van der Waals surface area (Å²) in [6.07, 6.45) is 2.33.